The molecule has 0 saturated carbocycles. The van der Waals surface area contributed by atoms with Crippen molar-refractivity contribution in [3.63, 3.8) is 0 Å². The lowest BCUT2D eigenvalue weighted by atomic mass is 9.91. The van der Waals surface area contributed by atoms with Gasteiger partial charge in [-0.2, -0.15) is 0 Å². The summed E-state index contributed by atoms with van der Waals surface area (Å²) in [6.07, 6.45) is 35.6. The molecular formula is C35H66. The van der Waals surface area contributed by atoms with Gasteiger partial charge < -0.3 is 0 Å². The molecule has 0 radical (unpaired) electrons. The number of rotatable bonds is 25. The van der Waals surface area contributed by atoms with Crippen LogP contribution < -0.4 is 0 Å². The third-order valence-electron chi connectivity index (χ3n) is 8.76. The first kappa shape index (κ1) is 32.5. The maximum absolute atomic E-state index is 2.53. The topological polar surface area (TPSA) is 0 Å². The van der Waals surface area contributed by atoms with Gasteiger partial charge >= 0.3 is 0 Å². The Balaban J connectivity index is 2.55. The van der Waals surface area contributed by atoms with Crippen LogP contribution >= 0.6 is 0 Å². The average molecular weight is 487 g/mol. The van der Waals surface area contributed by atoms with E-state index in [9.17, 15) is 0 Å². The van der Waals surface area contributed by atoms with Gasteiger partial charge in [-0.05, 0) is 62.5 Å². The second kappa shape index (κ2) is 22.7. The predicted octanol–water partition coefficient (Wildman–Crippen LogP) is 13.1. The van der Waals surface area contributed by atoms with Crippen LogP contribution in [0.2, 0.25) is 0 Å². The second-order valence-electron chi connectivity index (χ2n) is 11.9. The zero-order chi connectivity index (χ0) is 25.6. The Bertz CT molecular complexity index is 548. The van der Waals surface area contributed by atoms with Crippen LogP contribution in [0.25, 0.3) is 0 Å². The lowest BCUT2D eigenvalue weighted by Crippen LogP contribution is -1.98. The molecule has 0 bridgehead atoms. The van der Waals surface area contributed by atoms with Crippen molar-refractivity contribution in [2.75, 3.05) is 0 Å². The van der Waals surface area contributed by atoms with Crippen LogP contribution in [0.4, 0.5) is 0 Å². The monoisotopic (exact) mass is 487 g/mol. The summed E-state index contributed by atoms with van der Waals surface area (Å²) in [5.74, 6) is 0.721. The van der Waals surface area contributed by atoms with Gasteiger partial charge in [0.1, 0.15) is 0 Å². The molecule has 206 valence electrons. The van der Waals surface area contributed by atoms with Crippen molar-refractivity contribution in [2.45, 2.75) is 195 Å². The zero-order valence-corrected chi connectivity index (χ0v) is 25.3. The quantitative estimate of drug-likeness (QED) is 0.112. The predicted molar refractivity (Wildman–Crippen MR) is 161 cm³/mol. The van der Waals surface area contributed by atoms with Crippen LogP contribution in [-0.2, 0) is 0 Å². The van der Waals surface area contributed by atoms with Crippen LogP contribution in [0, 0.1) is 5.92 Å². The fourth-order valence-corrected chi connectivity index (χ4v) is 6.21. The minimum absolute atomic E-state index is 0.721. The summed E-state index contributed by atoms with van der Waals surface area (Å²) in [5, 5.41) is 0. The van der Waals surface area contributed by atoms with Gasteiger partial charge in [0.15, 0.2) is 0 Å². The minimum Gasteiger partial charge on any atom is -0.0654 e. The standard InChI is InChI=1S/C35H66/c1-6-9-12-15-18-20-23-26-29-34-32(5)31(4)33(28-25-22-17-14-11-8-3)35(34)30-27-24-21-19-16-13-10-7-2/h32H,6-30H2,1-5H3. The molecule has 0 amide bonds. The van der Waals surface area contributed by atoms with Crippen LogP contribution in [0.15, 0.2) is 22.3 Å². The molecule has 0 aromatic carbocycles. The van der Waals surface area contributed by atoms with Crippen molar-refractivity contribution in [2.24, 2.45) is 5.92 Å². The first-order chi connectivity index (χ1) is 17.2. The maximum Gasteiger partial charge on any atom is -0.00124 e. The summed E-state index contributed by atoms with van der Waals surface area (Å²) in [6.45, 7) is 12.0. The molecule has 1 rings (SSSR count). The van der Waals surface area contributed by atoms with E-state index in [2.05, 4.69) is 34.6 Å². The van der Waals surface area contributed by atoms with E-state index in [1.807, 2.05) is 16.7 Å². The molecule has 1 atom stereocenters. The molecule has 1 unspecified atom stereocenters. The van der Waals surface area contributed by atoms with E-state index in [-0.39, 0.29) is 0 Å². The van der Waals surface area contributed by atoms with Crippen molar-refractivity contribution in [3.05, 3.63) is 22.3 Å². The normalized spacial score (nSPS) is 16.2. The number of unbranched alkanes of at least 4 members (excludes halogenated alkanes) is 19. The highest BCUT2D eigenvalue weighted by molar-refractivity contribution is 5.48. The van der Waals surface area contributed by atoms with Gasteiger partial charge in [0.25, 0.3) is 0 Å². The second-order valence-corrected chi connectivity index (χ2v) is 11.9. The molecule has 0 heteroatoms. The van der Waals surface area contributed by atoms with Gasteiger partial charge in [0, 0.05) is 0 Å². The number of hydrogen-bond acceptors (Lipinski definition) is 0. The van der Waals surface area contributed by atoms with Crippen LogP contribution in [-0.4, -0.2) is 0 Å². The van der Waals surface area contributed by atoms with Crippen LogP contribution in [0.1, 0.15) is 195 Å². The smallest absolute Gasteiger partial charge is 0.00124 e. The van der Waals surface area contributed by atoms with Gasteiger partial charge in [-0.15, -0.1) is 0 Å². The van der Waals surface area contributed by atoms with Crippen LogP contribution in [0.5, 0.6) is 0 Å². The average Bonchev–Trinajstić information content (AvgIpc) is 3.08. The minimum atomic E-state index is 0.721. The van der Waals surface area contributed by atoms with Gasteiger partial charge in [-0.1, -0.05) is 161 Å². The zero-order valence-electron chi connectivity index (χ0n) is 25.3. The van der Waals surface area contributed by atoms with Crippen molar-refractivity contribution in [1.29, 1.82) is 0 Å². The summed E-state index contributed by atoms with van der Waals surface area (Å²) in [6, 6.07) is 0. The van der Waals surface area contributed by atoms with Crippen molar-refractivity contribution in [1.82, 2.24) is 0 Å². The highest BCUT2D eigenvalue weighted by Gasteiger charge is 2.27. The van der Waals surface area contributed by atoms with Crippen molar-refractivity contribution < 1.29 is 0 Å². The van der Waals surface area contributed by atoms with E-state index in [4.69, 9.17) is 0 Å². The molecule has 0 aliphatic heterocycles. The summed E-state index contributed by atoms with van der Waals surface area (Å²) < 4.78 is 0. The number of hydrogen-bond donors (Lipinski definition) is 0. The molecule has 0 fully saturated rings. The van der Waals surface area contributed by atoms with Gasteiger partial charge in [-0.3, -0.25) is 0 Å². The highest BCUT2D eigenvalue weighted by Crippen LogP contribution is 2.44. The lowest BCUT2D eigenvalue weighted by Gasteiger charge is -2.15. The molecule has 0 aromatic rings. The van der Waals surface area contributed by atoms with Gasteiger partial charge in [-0.25, -0.2) is 0 Å². The Kier molecular flexibility index (Phi) is 21.0. The van der Waals surface area contributed by atoms with E-state index in [1.54, 1.807) is 5.57 Å². The Morgan fingerprint density at radius 3 is 1.11 bits per heavy atom. The van der Waals surface area contributed by atoms with Crippen molar-refractivity contribution in [3.8, 4) is 0 Å². The molecule has 0 N–H and O–H groups in total. The van der Waals surface area contributed by atoms with E-state index < -0.39 is 0 Å². The largest absolute Gasteiger partial charge is 0.0654 e. The molecule has 0 saturated heterocycles. The summed E-state index contributed by atoms with van der Waals surface area (Å²) >= 11 is 0. The van der Waals surface area contributed by atoms with E-state index in [0.29, 0.717) is 0 Å². The molecule has 0 nitrogen and oxygen atoms in total. The molecule has 1 aliphatic rings. The van der Waals surface area contributed by atoms with Gasteiger partial charge in [0.05, 0.1) is 0 Å². The molecule has 0 aromatic heterocycles. The maximum atomic E-state index is 2.53. The third-order valence-corrected chi connectivity index (χ3v) is 8.76. The first-order valence-electron chi connectivity index (χ1n) is 16.6. The Labute approximate surface area is 223 Å². The van der Waals surface area contributed by atoms with Gasteiger partial charge in [0.2, 0.25) is 0 Å². The molecular weight excluding hydrogens is 420 g/mol. The van der Waals surface area contributed by atoms with Crippen LogP contribution in [0.3, 0.4) is 0 Å². The fourth-order valence-electron chi connectivity index (χ4n) is 6.21. The van der Waals surface area contributed by atoms with Crippen molar-refractivity contribution >= 4 is 0 Å². The highest BCUT2D eigenvalue weighted by atomic mass is 14.3. The Hall–Kier alpha value is -0.520. The van der Waals surface area contributed by atoms with E-state index in [0.717, 1.165) is 5.92 Å². The first-order valence-corrected chi connectivity index (χ1v) is 16.6. The molecule has 35 heavy (non-hydrogen) atoms. The summed E-state index contributed by atoms with van der Waals surface area (Å²) in [7, 11) is 0. The third kappa shape index (κ3) is 14.7. The fraction of sp³-hybridized carbons (Fsp3) is 0.886. The molecule has 0 spiro atoms. The number of allylic oxidation sites excluding steroid dienone is 4. The summed E-state index contributed by atoms with van der Waals surface area (Å²) in [4.78, 5) is 0. The molecule has 1 aliphatic carbocycles. The van der Waals surface area contributed by atoms with E-state index >= 15 is 0 Å². The Morgan fingerprint density at radius 1 is 0.400 bits per heavy atom. The Morgan fingerprint density at radius 2 is 0.714 bits per heavy atom. The lowest BCUT2D eigenvalue weighted by molar-refractivity contribution is 0.564. The molecule has 0 heterocycles. The van der Waals surface area contributed by atoms with E-state index in [1.165, 1.54) is 161 Å². The SMILES string of the molecule is CCCCCCCCCCC1=C(CCCCCCCCCC)C(C)C(C)=C1CCCCCCCC. The summed E-state index contributed by atoms with van der Waals surface area (Å²) in [5.41, 5.74) is 7.25.